The second kappa shape index (κ2) is 9.59. The van der Waals surface area contributed by atoms with Crippen molar-refractivity contribution in [3.63, 3.8) is 0 Å². The summed E-state index contributed by atoms with van der Waals surface area (Å²) in [7, 11) is 0. The van der Waals surface area contributed by atoms with Crippen LogP contribution in [0, 0.1) is 24.0 Å². The molecule has 1 aliphatic carbocycles. The van der Waals surface area contributed by atoms with Crippen LogP contribution in [0.4, 0.5) is 33.3 Å². The average molecular weight is 505 g/mol. The largest absolute Gasteiger partial charge is 0.418 e. The summed E-state index contributed by atoms with van der Waals surface area (Å²) in [6.45, 7) is 1.40. The van der Waals surface area contributed by atoms with Crippen molar-refractivity contribution in [1.29, 1.82) is 0 Å². The van der Waals surface area contributed by atoms with Gasteiger partial charge in [0.05, 0.1) is 46.4 Å². The van der Waals surface area contributed by atoms with Gasteiger partial charge in [-0.25, -0.2) is 18.7 Å². The molecule has 2 aromatic heterocycles. The molecule has 0 atom stereocenters. The van der Waals surface area contributed by atoms with Crippen LogP contribution in [-0.2, 0) is 17.5 Å². The van der Waals surface area contributed by atoms with Gasteiger partial charge in [0.1, 0.15) is 17.5 Å². The van der Waals surface area contributed by atoms with Gasteiger partial charge < -0.3 is 10.6 Å². The van der Waals surface area contributed by atoms with Gasteiger partial charge in [-0.3, -0.25) is 14.6 Å². The number of alkyl halides is 3. The number of amides is 1. The summed E-state index contributed by atoms with van der Waals surface area (Å²) in [6.07, 6.45) is 0.0250. The van der Waals surface area contributed by atoms with Crippen LogP contribution < -0.4 is 10.6 Å². The highest BCUT2D eigenvalue weighted by atomic mass is 19.4. The first kappa shape index (κ1) is 25.1. The summed E-state index contributed by atoms with van der Waals surface area (Å²) < 4.78 is 67.4. The molecule has 1 saturated carbocycles. The molecule has 2 N–H and O–H groups in total. The highest BCUT2D eigenvalue weighted by Gasteiger charge is 2.51. The van der Waals surface area contributed by atoms with E-state index in [-0.39, 0.29) is 30.1 Å². The third-order valence-electron chi connectivity index (χ3n) is 5.84. The van der Waals surface area contributed by atoms with Gasteiger partial charge in [0, 0.05) is 24.9 Å². The topological polar surface area (TPSA) is 96.9 Å². The van der Waals surface area contributed by atoms with Gasteiger partial charge in [0.2, 0.25) is 5.91 Å². The molecule has 1 fully saturated rings. The van der Waals surface area contributed by atoms with Crippen molar-refractivity contribution in [2.24, 2.45) is 5.41 Å². The molecule has 0 bridgehead atoms. The molecule has 1 amide bonds. The number of carbonyl (C=O) groups is 2. The van der Waals surface area contributed by atoms with E-state index in [9.17, 15) is 31.5 Å². The second-order valence-electron chi connectivity index (χ2n) is 8.55. The first-order chi connectivity index (χ1) is 17.0. The Bertz CT molecular complexity index is 1310. The van der Waals surface area contributed by atoms with Gasteiger partial charge >= 0.3 is 6.18 Å². The van der Waals surface area contributed by atoms with E-state index >= 15 is 0 Å². The third kappa shape index (κ3) is 5.64. The number of nitrogens with zero attached hydrogens (tertiary/aromatic N) is 3. The fourth-order valence-electron chi connectivity index (χ4n) is 3.61. The van der Waals surface area contributed by atoms with Gasteiger partial charge in [-0.15, -0.1) is 0 Å². The van der Waals surface area contributed by atoms with Crippen LogP contribution in [0.25, 0.3) is 0 Å². The van der Waals surface area contributed by atoms with Crippen LogP contribution >= 0.6 is 0 Å². The minimum atomic E-state index is -4.83. The van der Waals surface area contributed by atoms with Gasteiger partial charge in [-0.2, -0.15) is 13.2 Å². The summed E-state index contributed by atoms with van der Waals surface area (Å²) in [4.78, 5) is 37.0. The lowest BCUT2D eigenvalue weighted by atomic mass is 9.95. The van der Waals surface area contributed by atoms with Gasteiger partial charge in [0.25, 0.3) is 0 Å². The molecule has 12 heteroatoms. The van der Waals surface area contributed by atoms with E-state index in [0.717, 1.165) is 24.4 Å². The molecule has 36 heavy (non-hydrogen) atoms. The lowest BCUT2D eigenvalue weighted by Crippen LogP contribution is -2.33. The Morgan fingerprint density at radius 1 is 1.03 bits per heavy atom. The van der Waals surface area contributed by atoms with Crippen molar-refractivity contribution < 1.29 is 31.5 Å². The lowest BCUT2D eigenvalue weighted by molar-refractivity contribution is -0.137. The van der Waals surface area contributed by atoms with E-state index in [1.807, 2.05) is 0 Å². The summed E-state index contributed by atoms with van der Waals surface area (Å²) in [5, 5.41) is 4.97. The Morgan fingerprint density at radius 3 is 2.33 bits per heavy atom. The molecule has 3 aromatic rings. The third-order valence-corrected chi connectivity index (χ3v) is 5.84. The van der Waals surface area contributed by atoms with Gasteiger partial charge in [0.15, 0.2) is 5.78 Å². The Balaban J connectivity index is 1.39. The molecular weight excluding hydrogens is 485 g/mol. The van der Waals surface area contributed by atoms with Crippen LogP contribution in [0.15, 0.2) is 42.9 Å². The Kier molecular flexibility index (Phi) is 6.70. The number of hydrogen-bond acceptors (Lipinski definition) is 6. The first-order valence-electron chi connectivity index (χ1n) is 10.9. The minimum Gasteiger partial charge on any atom is -0.354 e. The number of carbonyl (C=O) groups excluding carboxylic acids is 2. The fraction of sp³-hybridized carbons (Fsp3) is 0.292. The SMILES string of the molecule is Cc1ncc(C(=O)CC2(C(=O)NCc3ncc(Nc4ccc(F)cc4C(F)(F)F)cc3F)CC2)cn1. The molecule has 0 unspecified atom stereocenters. The number of anilines is 2. The number of rotatable bonds is 8. The van der Waals surface area contributed by atoms with E-state index in [2.05, 4.69) is 25.6 Å². The monoisotopic (exact) mass is 505 g/mol. The summed E-state index contributed by atoms with van der Waals surface area (Å²) >= 11 is 0. The number of aromatic nitrogens is 3. The smallest absolute Gasteiger partial charge is 0.354 e. The van der Waals surface area contributed by atoms with Crippen LogP contribution in [0.1, 0.15) is 46.7 Å². The fourth-order valence-corrected chi connectivity index (χ4v) is 3.61. The lowest BCUT2D eigenvalue weighted by Gasteiger charge is -2.16. The van der Waals surface area contributed by atoms with Crippen molar-refractivity contribution in [1.82, 2.24) is 20.3 Å². The minimum absolute atomic E-state index is 0.0385. The number of ketones is 1. The summed E-state index contributed by atoms with van der Waals surface area (Å²) in [5.41, 5.74) is -2.55. The van der Waals surface area contributed by atoms with Crippen molar-refractivity contribution in [3.05, 3.63) is 77.1 Å². The van der Waals surface area contributed by atoms with Crippen LogP contribution in [0.3, 0.4) is 0 Å². The molecule has 7 nitrogen and oxygen atoms in total. The first-order valence-corrected chi connectivity index (χ1v) is 10.9. The Hall–Kier alpha value is -3.96. The number of pyridine rings is 1. The van der Waals surface area contributed by atoms with E-state index in [1.54, 1.807) is 6.92 Å². The molecule has 4 rings (SSSR count). The number of aryl methyl sites for hydroxylation is 1. The maximum Gasteiger partial charge on any atom is 0.418 e. The number of nitrogens with one attached hydrogen (secondary N) is 2. The quantitative estimate of drug-likeness (QED) is 0.334. The van der Waals surface area contributed by atoms with Crippen molar-refractivity contribution >= 4 is 23.1 Å². The molecule has 188 valence electrons. The predicted molar refractivity (Wildman–Crippen MR) is 118 cm³/mol. The Labute approximate surface area is 202 Å². The number of benzene rings is 1. The second-order valence-corrected chi connectivity index (χ2v) is 8.55. The van der Waals surface area contributed by atoms with Crippen LogP contribution in [0.2, 0.25) is 0 Å². The van der Waals surface area contributed by atoms with E-state index < -0.39 is 40.4 Å². The average Bonchev–Trinajstić information content (AvgIpc) is 3.60. The van der Waals surface area contributed by atoms with Crippen molar-refractivity contribution in [2.75, 3.05) is 5.32 Å². The maximum atomic E-state index is 14.6. The molecule has 2 heterocycles. The van der Waals surface area contributed by atoms with Crippen molar-refractivity contribution in [3.8, 4) is 0 Å². The predicted octanol–water partition coefficient (Wildman–Crippen LogP) is 4.89. The summed E-state index contributed by atoms with van der Waals surface area (Å²) in [5.74, 6) is -2.12. The zero-order chi connectivity index (χ0) is 26.1. The number of hydrogen-bond donors (Lipinski definition) is 2. The van der Waals surface area contributed by atoms with Gasteiger partial charge in [-0.1, -0.05) is 0 Å². The number of halogens is 5. The zero-order valence-electron chi connectivity index (χ0n) is 18.9. The van der Waals surface area contributed by atoms with E-state index in [1.165, 1.54) is 12.4 Å². The highest BCUT2D eigenvalue weighted by molar-refractivity contribution is 6.00. The van der Waals surface area contributed by atoms with E-state index in [4.69, 9.17) is 0 Å². The molecule has 0 spiro atoms. The molecule has 1 aromatic carbocycles. The van der Waals surface area contributed by atoms with E-state index in [0.29, 0.717) is 30.3 Å². The zero-order valence-corrected chi connectivity index (χ0v) is 18.9. The summed E-state index contributed by atoms with van der Waals surface area (Å²) in [6, 6.07) is 2.99. The maximum absolute atomic E-state index is 14.6. The van der Waals surface area contributed by atoms with Gasteiger partial charge in [-0.05, 0) is 38.0 Å². The van der Waals surface area contributed by atoms with Crippen LogP contribution in [0.5, 0.6) is 0 Å². The molecule has 1 aliphatic rings. The highest BCUT2D eigenvalue weighted by Crippen LogP contribution is 2.49. The van der Waals surface area contributed by atoms with Crippen molar-refractivity contribution in [2.45, 2.75) is 38.9 Å². The molecule has 0 saturated heterocycles. The standard InChI is InChI=1S/C24H20F5N5O2/c1-13-30-9-14(10-31-13)21(35)8-23(4-5-23)22(36)33-12-20-18(26)7-16(11-32-20)34-19-3-2-15(25)6-17(19)24(27,28)29/h2-3,6-7,9-11,34H,4-5,8,12H2,1H3,(H,33,36). The molecular formula is C24H20F5N5O2. The van der Waals surface area contributed by atoms with Crippen LogP contribution in [-0.4, -0.2) is 26.6 Å². The number of Topliss-reactive ketones (excluding diaryl/α,β-unsaturated/α-hetero) is 1. The normalized spacial score (nSPS) is 14.3. The Morgan fingerprint density at radius 2 is 1.72 bits per heavy atom. The molecule has 0 radical (unpaired) electrons. The molecule has 0 aliphatic heterocycles.